The highest BCUT2D eigenvalue weighted by molar-refractivity contribution is 5.88. The first-order valence-corrected chi connectivity index (χ1v) is 6.35. The number of amides is 2. The molecular weight excluding hydrogens is 218 g/mol. The van der Waals surface area contributed by atoms with Crippen molar-refractivity contribution in [2.45, 2.75) is 39.2 Å². The molecule has 0 aromatic rings. The highest BCUT2D eigenvalue weighted by atomic mass is 16.2. The lowest BCUT2D eigenvalue weighted by Gasteiger charge is -2.22. The van der Waals surface area contributed by atoms with Crippen LogP contribution in [0.2, 0.25) is 0 Å². The Labute approximate surface area is 103 Å². The van der Waals surface area contributed by atoms with E-state index in [1.165, 1.54) is 0 Å². The van der Waals surface area contributed by atoms with Crippen molar-refractivity contribution in [2.24, 2.45) is 11.7 Å². The topological polar surface area (TPSA) is 75.4 Å². The Morgan fingerprint density at radius 1 is 1.29 bits per heavy atom. The van der Waals surface area contributed by atoms with E-state index in [1.54, 1.807) is 6.92 Å². The first-order chi connectivity index (χ1) is 8.06. The van der Waals surface area contributed by atoms with Gasteiger partial charge < -0.3 is 16.0 Å². The van der Waals surface area contributed by atoms with Gasteiger partial charge >= 0.3 is 0 Å². The minimum atomic E-state index is -0.430. The molecule has 0 bridgehead atoms. The molecule has 0 radical (unpaired) electrons. The molecule has 1 saturated heterocycles. The van der Waals surface area contributed by atoms with Crippen LogP contribution < -0.4 is 11.1 Å². The predicted octanol–water partition coefficient (Wildman–Crippen LogP) is 0.0984. The molecule has 2 atom stereocenters. The average molecular weight is 241 g/mol. The van der Waals surface area contributed by atoms with Gasteiger partial charge in [-0.2, -0.15) is 0 Å². The summed E-state index contributed by atoms with van der Waals surface area (Å²) in [6.07, 6.45) is 2.78. The molecule has 0 spiro atoms. The largest absolute Gasteiger partial charge is 0.344 e. The summed E-state index contributed by atoms with van der Waals surface area (Å²) in [6, 6.07) is -0.430. The van der Waals surface area contributed by atoms with Gasteiger partial charge in [-0.15, -0.1) is 0 Å². The van der Waals surface area contributed by atoms with Crippen molar-refractivity contribution in [3.63, 3.8) is 0 Å². The van der Waals surface area contributed by atoms with Crippen molar-refractivity contribution in [3.05, 3.63) is 0 Å². The summed E-state index contributed by atoms with van der Waals surface area (Å²) in [7, 11) is 0. The standard InChI is InChI=1S/C12H23N3O2/c1-9(5-6-13)11(16)14-10(2)12(17)15-7-3-4-8-15/h9-10H,3-8,13H2,1-2H3,(H,14,16). The molecule has 0 aliphatic carbocycles. The number of nitrogens with two attached hydrogens (primary N) is 1. The van der Waals surface area contributed by atoms with Gasteiger partial charge in [-0.3, -0.25) is 9.59 Å². The van der Waals surface area contributed by atoms with Crippen LogP contribution in [0.15, 0.2) is 0 Å². The van der Waals surface area contributed by atoms with Gasteiger partial charge in [0.25, 0.3) is 0 Å². The van der Waals surface area contributed by atoms with Crippen molar-refractivity contribution >= 4 is 11.8 Å². The molecule has 5 nitrogen and oxygen atoms in total. The maximum Gasteiger partial charge on any atom is 0.244 e. The summed E-state index contributed by atoms with van der Waals surface area (Å²) in [5.74, 6) is -0.194. The lowest BCUT2D eigenvalue weighted by atomic mass is 10.1. The zero-order valence-corrected chi connectivity index (χ0v) is 10.7. The number of rotatable bonds is 5. The monoisotopic (exact) mass is 241 g/mol. The van der Waals surface area contributed by atoms with Crippen LogP contribution >= 0.6 is 0 Å². The molecule has 2 unspecified atom stereocenters. The Hall–Kier alpha value is -1.10. The van der Waals surface area contributed by atoms with Crippen LogP contribution in [0, 0.1) is 5.92 Å². The highest BCUT2D eigenvalue weighted by Crippen LogP contribution is 2.09. The van der Waals surface area contributed by atoms with Crippen LogP contribution in [-0.4, -0.2) is 42.4 Å². The normalized spacial score (nSPS) is 18.9. The number of nitrogens with zero attached hydrogens (tertiary/aromatic N) is 1. The smallest absolute Gasteiger partial charge is 0.244 e. The fourth-order valence-electron chi connectivity index (χ4n) is 2.01. The third kappa shape index (κ3) is 4.00. The van der Waals surface area contributed by atoms with Crippen molar-refractivity contribution in [3.8, 4) is 0 Å². The summed E-state index contributed by atoms with van der Waals surface area (Å²) in [4.78, 5) is 25.5. The quantitative estimate of drug-likeness (QED) is 0.716. The summed E-state index contributed by atoms with van der Waals surface area (Å²) in [5.41, 5.74) is 5.40. The molecule has 1 rings (SSSR count). The minimum absolute atomic E-state index is 0.0239. The zero-order valence-electron chi connectivity index (χ0n) is 10.7. The van der Waals surface area contributed by atoms with E-state index in [-0.39, 0.29) is 17.7 Å². The van der Waals surface area contributed by atoms with Crippen LogP contribution in [0.1, 0.15) is 33.1 Å². The molecule has 1 fully saturated rings. The fraction of sp³-hybridized carbons (Fsp3) is 0.833. The van der Waals surface area contributed by atoms with Gasteiger partial charge in [-0.1, -0.05) is 6.92 Å². The van der Waals surface area contributed by atoms with Gasteiger partial charge in [0.1, 0.15) is 6.04 Å². The molecule has 17 heavy (non-hydrogen) atoms. The molecular formula is C12H23N3O2. The molecule has 98 valence electrons. The lowest BCUT2D eigenvalue weighted by Crippen LogP contribution is -2.47. The second kappa shape index (κ2) is 6.59. The second-order valence-corrected chi connectivity index (χ2v) is 4.74. The maximum atomic E-state index is 11.9. The van der Waals surface area contributed by atoms with Gasteiger partial charge in [0.2, 0.25) is 11.8 Å². The Morgan fingerprint density at radius 2 is 1.88 bits per heavy atom. The van der Waals surface area contributed by atoms with E-state index in [2.05, 4.69) is 5.32 Å². The molecule has 1 aliphatic heterocycles. The number of hydrogen-bond acceptors (Lipinski definition) is 3. The third-order valence-corrected chi connectivity index (χ3v) is 3.19. The van der Waals surface area contributed by atoms with Crippen LogP contribution in [0.5, 0.6) is 0 Å². The Balaban J connectivity index is 2.39. The van der Waals surface area contributed by atoms with E-state index in [4.69, 9.17) is 5.73 Å². The minimum Gasteiger partial charge on any atom is -0.344 e. The number of hydrogen-bond donors (Lipinski definition) is 2. The molecule has 3 N–H and O–H groups in total. The van der Waals surface area contributed by atoms with Crippen LogP contribution in [-0.2, 0) is 9.59 Å². The van der Waals surface area contributed by atoms with E-state index in [0.29, 0.717) is 13.0 Å². The highest BCUT2D eigenvalue weighted by Gasteiger charge is 2.25. The molecule has 2 amide bonds. The third-order valence-electron chi connectivity index (χ3n) is 3.19. The van der Waals surface area contributed by atoms with E-state index in [0.717, 1.165) is 25.9 Å². The first-order valence-electron chi connectivity index (χ1n) is 6.35. The predicted molar refractivity (Wildman–Crippen MR) is 66.3 cm³/mol. The molecule has 0 aromatic heterocycles. The number of likely N-dealkylation sites (tertiary alicyclic amines) is 1. The number of nitrogens with one attached hydrogen (secondary N) is 1. The number of carbonyl (C=O) groups excluding carboxylic acids is 2. The second-order valence-electron chi connectivity index (χ2n) is 4.74. The van der Waals surface area contributed by atoms with Gasteiger partial charge in [-0.05, 0) is 32.7 Å². The summed E-state index contributed by atoms with van der Waals surface area (Å²) >= 11 is 0. The molecule has 5 heteroatoms. The first kappa shape index (κ1) is 14.0. The zero-order chi connectivity index (χ0) is 12.8. The summed E-state index contributed by atoms with van der Waals surface area (Å²) in [6.45, 7) is 5.70. The van der Waals surface area contributed by atoms with Gasteiger partial charge in [-0.25, -0.2) is 0 Å². The van der Waals surface area contributed by atoms with Crippen LogP contribution in [0.3, 0.4) is 0 Å². The Kier molecular flexibility index (Phi) is 5.41. The van der Waals surface area contributed by atoms with Gasteiger partial charge in [0, 0.05) is 19.0 Å². The van der Waals surface area contributed by atoms with Crippen LogP contribution in [0.25, 0.3) is 0 Å². The number of carbonyl (C=O) groups is 2. The molecule has 1 heterocycles. The van der Waals surface area contributed by atoms with Crippen LogP contribution in [0.4, 0.5) is 0 Å². The van der Waals surface area contributed by atoms with Crippen molar-refractivity contribution in [1.29, 1.82) is 0 Å². The molecule has 1 aliphatic rings. The average Bonchev–Trinajstić information content (AvgIpc) is 2.81. The van der Waals surface area contributed by atoms with E-state index in [9.17, 15) is 9.59 Å². The Bertz CT molecular complexity index is 275. The summed E-state index contributed by atoms with van der Waals surface area (Å²) < 4.78 is 0. The SMILES string of the molecule is CC(CCN)C(=O)NC(C)C(=O)N1CCCC1. The van der Waals surface area contributed by atoms with Crippen molar-refractivity contribution < 1.29 is 9.59 Å². The van der Waals surface area contributed by atoms with Gasteiger partial charge in [0.05, 0.1) is 0 Å². The Morgan fingerprint density at radius 3 is 2.41 bits per heavy atom. The maximum absolute atomic E-state index is 11.9. The van der Waals surface area contributed by atoms with Crippen molar-refractivity contribution in [1.82, 2.24) is 10.2 Å². The molecule has 0 saturated carbocycles. The lowest BCUT2D eigenvalue weighted by molar-refractivity contribution is -0.136. The summed E-state index contributed by atoms with van der Waals surface area (Å²) in [5, 5.41) is 2.76. The van der Waals surface area contributed by atoms with E-state index < -0.39 is 6.04 Å². The molecule has 0 aromatic carbocycles. The fourth-order valence-corrected chi connectivity index (χ4v) is 2.01. The van der Waals surface area contributed by atoms with Gasteiger partial charge in [0.15, 0.2) is 0 Å². The van der Waals surface area contributed by atoms with E-state index in [1.807, 2.05) is 11.8 Å². The van der Waals surface area contributed by atoms with Crippen molar-refractivity contribution in [2.75, 3.05) is 19.6 Å². The van der Waals surface area contributed by atoms with E-state index >= 15 is 0 Å².